The van der Waals surface area contributed by atoms with Crippen molar-refractivity contribution in [2.75, 3.05) is 5.32 Å². The Hall–Kier alpha value is -0.830. The van der Waals surface area contributed by atoms with Gasteiger partial charge in [-0.05, 0) is 56.1 Å². The van der Waals surface area contributed by atoms with E-state index in [0.717, 1.165) is 21.2 Å². The summed E-state index contributed by atoms with van der Waals surface area (Å²) in [5, 5.41) is 14.2. The van der Waals surface area contributed by atoms with Gasteiger partial charge in [0, 0.05) is 31.4 Å². The third kappa shape index (κ3) is 3.32. The van der Waals surface area contributed by atoms with Crippen LogP contribution in [0.2, 0.25) is 0 Å². The van der Waals surface area contributed by atoms with E-state index in [-0.39, 0.29) is 0 Å². The van der Waals surface area contributed by atoms with Gasteiger partial charge in [-0.2, -0.15) is 5.26 Å². The van der Waals surface area contributed by atoms with Crippen LogP contribution in [0.5, 0.6) is 0 Å². The lowest BCUT2D eigenvalue weighted by atomic mass is 10.2. The summed E-state index contributed by atoms with van der Waals surface area (Å²) >= 11 is 8.51. The zero-order valence-corrected chi connectivity index (χ0v) is 12.7. The summed E-state index contributed by atoms with van der Waals surface area (Å²) in [5.41, 5.74) is 1.65. The van der Waals surface area contributed by atoms with Gasteiger partial charge in [-0.1, -0.05) is 0 Å². The predicted molar refractivity (Wildman–Crippen MR) is 78.2 cm³/mol. The lowest BCUT2D eigenvalue weighted by molar-refractivity contribution is 1.19. The molecule has 0 amide bonds. The summed E-state index contributed by atoms with van der Waals surface area (Å²) in [7, 11) is 0. The first-order valence-corrected chi connectivity index (χ1v) is 7.32. The van der Waals surface area contributed by atoms with Crippen molar-refractivity contribution in [2.45, 2.75) is 6.54 Å². The first-order valence-electron chi connectivity index (χ1n) is 4.85. The van der Waals surface area contributed by atoms with Crippen LogP contribution >= 0.6 is 43.2 Å². The fourth-order valence-corrected chi connectivity index (χ4v) is 3.21. The average molecular weight is 372 g/mol. The lowest BCUT2D eigenvalue weighted by Gasteiger charge is -2.05. The molecule has 2 rings (SSSR count). The number of rotatable bonds is 3. The highest BCUT2D eigenvalue weighted by Crippen LogP contribution is 2.23. The minimum atomic E-state index is 0.648. The number of halogens is 2. The van der Waals surface area contributed by atoms with E-state index >= 15 is 0 Å². The van der Waals surface area contributed by atoms with Gasteiger partial charge in [-0.3, -0.25) is 0 Å². The smallest absolute Gasteiger partial charge is 0.100 e. The molecule has 0 aliphatic rings. The van der Waals surface area contributed by atoms with Crippen LogP contribution in [0.15, 0.2) is 38.6 Å². The van der Waals surface area contributed by atoms with Crippen molar-refractivity contribution in [3.05, 3.63) is 49.0 Å². The topological polar surface area (TPSA) is 35.8 Å². The molecule has 17 heavy (non-hydrogen) atoms. The fourth-order valence-electron chi connectivity index (χ4n) is 1.35. The Morgan fingerprint density at radius 3 is 2.71 bits per heavy atom. The summed E-state index contributed by atoms with van der Waals surface area (Å²) < 4.78 is 1.93. The van der Waals surface area contributed by atoms with Crippen LogP contribution in [-0.2, 0) is 6.54 Å². The van der Waals surface area contributed by atoms with E-state index in [9.17, 15) is 0 Å². The molecule has 0 saturated heterocycles. The number of hydrogen-bond donors (Lipinski definition) is 1. The van der Waals surface area contributed by atoms with Gasteiger partial charge in [-0.15, -0.1) is 11.3 Å². The Morgan fingerprint density at radius 2 is 2.12 bits per heavy atom. The molecule has 5 heteroatoms. The minimum absolute atomic E-state index is 0.648. The van der Waals surface area contributed by atoms with E-state index in [2.05, 4.69) is 54.7 Å². The molecule has 0 fully saturated rings. The molecule has 1 aromatic heterocycles. The number of hydrogen-bond acceptors (Lipinski definition) is 3. The van der Waals surface area contributed by atoms with Gasteiger partial charge in [0.25, 0.3) is 0 Å². The van der Waals surface area contributed by atoms with Gasteiger partial charge in [0.05, 0.1) is 5.56 Å². The molecule has 1 heterocycles. The van der Waals surface area contributed by atoms with Gasteiger partial charge < -0.3 is 5.32 Å². The van der Waals surface area contributed by atoms with Gasteiger partial charge in [0.15, 0.2) is 0 Å². The second-order valence-electron chi connectivity index (χ2n) is 3.39. The first-order chi connectivity index (χ1) is 8.19. The second kappa shape index (κ2) is 5.67. The molecule has 0 aliphatic carbocycles. The summed E-state index contributed by atoms with van der Waals surface area (Å²) in [5.74, 6) is 0. The van der Waals surface area contributed by atoms with Crippen LogP contribution in [-0.4, -0.2) is 0 Å². The maximum Gasteiger partial charge on any atom is 0.100 e. The lowest BCUT2D eigenvalue weighted by Crippen LogP contribution is -1.97. The van der Waals surface area contributed by atoms with Crippen molar-refractivity contribution in [2.24, 2.45) is 0 Å². The highest BCUT2D eigenvalue weighted by Gasteiger charge is 2.01. The van der Waals surface area contributed by atoms with Crippen molar-refractivity contribution in [1.29, 1.82) is 5.26 Å². The van der Waals surface area contributed by atoms with Crippen LogP contribution < -0.4 is 5.32 Å². The Morgan fingerprint density at radius 1 is 1.29 bits per heavy atom. The van der Waals surface area contributed by atoms with Crippen LogP contribution in [0.1, 0.15) is 10.4 Å². The van der Waals surface area contributed by atoms with Crippen LogP contribution in [0.4, 0.5) is 5.69 Å². The number of nitriles is 1. The molecule has 0 saturated carbocycles. The summed E-state index contributed by atoms with van der Waals surface area (Å²) in [6.45, 7) is 0.786. The monoisotopic (exact) mass is 370 g/mol. The van der Waals surface area contributed by atoms with Crippen molar-refractivity contribution in [3.8, 4) is 6.07 Å². The third-order valence-electron chi connectivity index (χ3n) is 2.18. The van der Waals surface area contributed by atoms with Crippen molar-refractivity contribution < 1.29 is 0 Å². The zero-order valence-electron chi connectivity index (χ0n) is 8.71. The third-order valence-corrected chi connectivity index (χ3v) is 4.53. The first kappa shape index (κ1) is 12.6. The molecule has 0 bridgehead atoms. The van der Waals surface area contributed by atoms with Crippen molar-refractivity contribution in [1.82, 2.24) is 0 Å². The van der Waals surface area contributed by atoms with Gasteiger partial charge in [0.2, 0.25) is 0 Å². The van der Waals surface area contributed by atoms with E-state index in [1.165, 1.54) is 4.88 Å². The number of nitrogens with one attached hydrogen (secondary N) is 1. The van der Waals surface area contributed by atoms with Crippen LogP contribution in [0.3, 0.4) is 0 Å². The maximum absolute atomic E-state index is 8.82. The van der Waals surface area contributed by atoms with E-state index < -0.39 is 0 Å². The second-order valence-corrected chi connectivity index (χ2v) is 6.16. The standard InChI is InChI=1S/C12H8Br2N2S/c13-9-3-11(17-7-9)6-16-10-2-1-8(5-15)12(14)4-10/h1-4,7,16H,6H2. The van der Waals surface area contributed by atoms with Gasteiger partial charge >= 0.3 is 0 Å². The largest absolute Gasteiger partial charge is 0.380 e. The molecule has 2 aromatic rings. The van der Waals surface area contributed by atoms with Gasteiger partial charge in [-0.25, -0.2) is 0 Å². The highest BCUT2D eigenvalue weighted by molar-refractivity contribution is 9.10. The number of nitrogens with zero attached hydrogens (tertiary/aromatic N) is 1. The van der Waals surface area contributed by atoms with E-state index in [0.29, 0.717) is 5.56 Å². The average Bonchev–Trinajstić information content (AvgIpc) is 2.73. The SMILES string of the molecule is N#Cc1ccc(NCc2cc(Br)cs2)cc1Br. The zero-order chi connectivity index (χ0) is 12.3. The fraction of sp³-hybridized carbons (Fsp3) is 0.0833. The molecule has 0 spiro atoms. The molecule has 2 nitrogen and oxygen atoms in total. The molecule has 1 aromatic carbocycles. The van der Waals surface area contributed by atoms with E-state index in [1.807, 2.05) is 12.1 Å². The molecular formula is C12H8Br2N2S. The summed E-state index contributed by atoms with van der Waals surface area (Å²) in [4.78, 5) is 1.26. The maximum atomic E-state index is 8.82. The molecule has 0 unspecified atom stereocenters. The normalized spacial score (nSPS) is 9.94. The molecule has 0 radical (unpaired) electrons. The number of thiophene rings is 1. The van der Waals surface area contributed by atoms with Gasteiger partial charge in [0.1, 0.15) is 6.07 Å². The molecular weight excluding hydrogens is 364 g/mol. The Balaban J connectivity index is 2.05. The van der Waals surface area contributed by atoms with Crippen LogP contribution in [0.25, 0.3) is 0 Å². The summed E-state index contributed by atoms with van der Waals surface area (Å²) in [6.07, 6.45) is 0. The van der Waals surface area contributed by atoms with Crippen molar-refractivity contribution >= 4 is 48.9 Å². The predicted octanol–water partition coefficient (Wildman–Crippen LogP) is 4.76. The van der Waals surface area contributed by atoms with E-state index in [1.54, 1.807) is 17.4 Å². The summed E-state index contributed by atoms with van der Waals surface area (Å²) in [6, 6.07) is 9.84. The Kier molecular flexibility index (Phi) is 4.21. The molecule has 86 valence electrons. The van der Waals surface area contributed by atoms with E-state index in [4.69, 9.17) is 5.26 Å². The van der Waals surface area contributed by atoms with Crippen LogP contribution in [0, 0.1) is 11.3 Å². The molecule has 0 atom stereocenters. The Labute approximate surface area is 121 Å². The molecule has 0 aliphatic heterocycles. The highest BCUT2D eigenvalue weighted by atomic mass is 79.9. The number of anilines is 1. The van der Waals surface area contributed by atoms with Crippen molar-refractivity contribution in [3.63, 3.8) is 0 Å². The quantitative estimate of drug-likeness (QED) is 0.844. The minimum Gasteiger partial charge on any atom is -0.380 e. The Bertz CT molecular complexity index is 572. The molecule has 1 N–H and O–H groups in total. The number of benzene rings is 1.